The Hall–Kier alpha value is -0.970. The maximum absolute atomic E-state index is 6.20. The van der Waals surface area contributed by atoms with Crippen molar-refractivity contribution in [3.8, 4) is 12.3 Å². The van der Waals surface area contributed by atoms with Gasteiger partial charge < -0.3 is 0 Å². The third-order valence-corrected chi connectivity index (χ3v) is 3.84. The van der Waals surface area contributed by atoms with Crippen LogP contribution < -0.4 is 0 Å². The van der Waals surface area contributed by atoms with E-state index in [4.69, 9.17) is 18.0 Å². The normalized spacial score (nSPS) is 16.3. The summed E-state index contributed by atoms with van der Waals surface area (Å²) < 4.78 is 0. The molecule has 0 aromatic heterocycles. The number of halogens is 1. The number of terminal acetylenes is 1. The Morgan fingerprint density at radius 3 is 2.65 bits per heavy atom. The second kappa shape index (κ2) is 6.10. The number of benzene rings is 1. The van der Waals surface area contributed by atoms with Crippen molar-refractivity contribution >= 4 is 11.6 Å². The van der Waals surface area contributed by atoms with Crippen LogP contribution in [0.3, 0.4) is 0 Å². The van der Waals surface area contributed by atoms with Crippen LogP contribution in [0.2, 0.25) is 5.02 Å². The van der Waals surface area contributed by atoms with E-state index >= 15 is 0 Å². The summed E-state index contributed by atoms with van der Waals surface area (Å²) in [5.41, 5.74) is 1.18. The second-order valence-electron chi connectivity index (χ2n) is 4.64. The predicted molar refractivity (Wildman–Crippen MR) is 73.0 cm³/mol. The van der Waals surface area contributed by atoms with Gasteiger partial charge in [-0.3, -0.25) is 4.90 Å². The maximum atomic E-state index is 6.20. The van der Waals surface area contributed by atoms with Crippen molar-refractivity contribution in [2.45, 2.75) is 38.3 Å². The van der Waals surface area contributed by atoms with Gasteiger partial charge in [0.25, 0.3) is 0 Å². The zero-order chi connectivity index (χ0) is 12.1. The van der Waals surface area contributed by atoms with Crippen LogP contribution in [0, 0.1) is 12.3 Å². The first-order valence-electron chi connectivity index (χ1n) is 6.22. The Morgan fingerprint density at radius 1 is 1.29 bits per heavy atom. The largest absolute Gasteiger partial charge is 0.285 e. The molecule has 17 heavy (non-hydrogen) atoms. The summed E-state index contributed by atoms with van der Waals surface area (Å²) in [4.78, 5) is 2.38. The highest BCUT2D eigenvalue weighted by Crippen LogP contribution is 2.26. The van der Waals surface area contributed by atoms with Crippen molar-refractivity contribution in [2.24, 2.45) is 0 Å². The lowest BCUT2D eigenvalue weighted by atomic mass is 10.1. The minimum Gasteiger partial charge on any atom is -0.285 e. The number of rotatable bonds is 4. The molecule has 1 aromatic carbocycles. The summed E-state index contributed by atoms with van der Waals surface area (Å²) in [6.07, 6.45) is 10.7. The van der Waals surface area contributed by atoms with Gasteiger partial charge in [-0.05, 0) is 24.5 Å². The van der Waals surface area contributed by atoms with E-state index in [0.29, 0.717) is 6.04 Å². The molecule has 0 atom stereocenters. The monoisotopic (exact) mass is 247 g/mol. The molecule has 0 heterocycles. The van der Waals surface area contributed by atoms with E-state index < -0.39 is 0 Å². The number of hydrogen-bond acceptors (Lipinski definition) is 1. The Balaban J connectivity index is 2.07. The highest BCUT2D eigenvalue weighted by molar-refractivity contribution is 6.31. The average Bonchev–Trinajstić information content (AvgIpc) is 2.85. The van der Waals surface area contributed by atoms with Crippen LogP contribution in [0.15, 0.2) is 24.3 Å². The zero-order valence-electron chi connectivity index (χ0n) is 10.0. The van der Waals surface area contributed by atoms with Crippen LogP contribution in [0.1, 0.15) is 31.2 Å². The Bertz CT molecular complexity index is 402. The molecule has 90 valence electrons. The Morgan fingerprint density at radius 2 is 2.00 bits per heavy atom. The lowest BCUT2D eigenvalue weighted by Gasteiger charge is -2.27. The molecule has 0 aliphatic heterocycles. The van der Waals surface area contributed by atoms with Gasteiger partial charge in [-0.2, -0.15) is 0 Å². The topological polar surface area (TPSA) is 3.24 Å². The van der Waals surface area contributed by atoms with E-state index in [2.05, 4.69) is 16.9 Å². The third kappa shape index (κ3) is 3.25. The van der Waals surface area contributed by atoms with Crippen molar-refractivity contribution in [1.82, 2.24) is 4.90 Å². The summed E-state index contributed by atoms with van der Waals surface area (Å²) in [6, 6.07) is 8.67. The fourth-order valence-electron chi connectivity index (χ4n) is 2.55. The minimum absolute atomic E-state index is 0.641. The molecule has 0 bridgehead atoms. The molecule has 1 aliphatic rings. The van der Waals surface area contributed by atoms with Crippen LogP contribution in [0.5, 0.6) is 0 Å². The number of nitrogens with zero attached hydrogens (tertiary/aromatic N) is 1. The Labute approximate surface area is 109 Å². The molecule has 2 heteroatoms. The average molecular weight is 248 g/mol. The SMILES string of the molecule is C#CCN(Cc1ccccc1Cl)C1CCCC1. The molecule has 0 saturated heterocycles. The first-order valence-corrected chi connectivity index (χ1v) is 6.60. The predicted octanol–water partition coefficient (Wildman–Crippen LogP) is 3.72. The van der Waals surface area contributed by atoms with Crippen LogP contribution in [-0.2, 0) is 6.54 Å². The van der Waals surface area contributed by atoms with Crippen molar-refractivity contribution in [1.29, 1.82) is 0 Å². The highest BCUT2D eigenvalue weighted by atomic mass is 35.5. The first-order chi connectivity index (χ1) is 8.31. The summed E-state index contributed by atoms with van der Waals surface area (Å²) >= 11 is 6.20. The first kappa shape index (κ1) is 12.5. The van der Waals surface area contributed by atoms with E-state index in [1.807, 2.05) is 18.2 Å². The van der Waals surface area contributed by atoms with Gasteiger partial charge in [0.15, 0.2) is 0 Å². The fraction of sp³-hybridized carbons (Fsp3) is 0.467. The van der Waals surface area contributed by atoms with Gasteiger partial charge >= 0.3 is 0 Å². The van der Waals surface area contributed by atoms with E-state index in [0.717, 1.165) is 18.1 Å². The van der Waals surface area contributed by atoms with Gasteiger partial charge in [-0.1, -0.05) is 48.6 Å². The second-order valence-corrected chi connectivity index (χ2v) is 5.05. The maximum Gasteiger partial charge on any atom is 0.0604 e. The van der Waals surface area contributed by atoms with Crippen molar-refractivity contribution in [3.05, 3.63) is 34.9 Å². The zero-order valence-corrected chi connectivity index (χ0v) is 10.8. The van der Waals surface area contributed by atoms with Gasteiger partial charge in [-0.25, -0.2) is 0 Å². The molecule has 0 N–H and O–H groups in total. The van der Waals surface area contributed by atoms with Gasteiger partial charge in [-0.15, -0.1) is 6.42 Å². The van der Waals surface area contributed by atoms with Crippen LogP contribution in [0.4, 0.5) is 0 Å². The van der Waals surface area contributed by atoms with Crippen LogP contribution in [0.25, 0.3) is 0 Å². The quantitative estimate of drug-likeness (QED) is 0.733. The van der Waals surface area contributed by atoms with Crippen molar-refractivity contribution < 1.29 is 0 Å². The molecule has 1 aliphatic carbocycles. The molecule has 1 fully saturated rings. The van der Waals surface area contributed by atoms with E-state index in [9.17, 15) is 0 Å². The van der Waals surface area contributed by atoms with Gasteiger partial charge in [0.2, 0.25) is 0 Å². The molecule has 0 amide bonds. The highest BCUT2D eigenvalue weighted by Gasteiger charge is 2.22. The lowest BCUT2D eigenvalue weighted by Crippen LogP contribution is -2.33. The fourth-order valence-corrected chi connectivity index (χ4v) is 2.74. The third-order valence-electron chi connectivity index (χ3n) is 3.47. The van der Waals surface area contributed by atoms with Crippen molar-refractivity contribution in [3.63, 3.8) is 0 Å². The molecular weight excluding hydrogens is 230 g/mol. The number of hydrogen-bond donors (Lipinski definition) is 0. The van der Waals surface area contributed by atoms with E-state index in [-0.39, 0.29) is 0 Å². The van der Waals surface area contributed by atoms with Crippen LogP contribution >= 0.6 is 11.6 Å². The van der Waals surface area contributed by atoms with E-state index in [1.165, 1.54) is 31.2 Å². The lowest BCUT2D eigenvalue weighted by molar-refractivity contribution is 0.215. The summed E-state index contributed by atoms with van der Waals surface area (Å²) in [6.45, 7) is 1.59. The van der Waals surface area contributed by atoms with Crippen LogP contribution in [-0.4, -0.2) is 17.5 Å². The molecule has 0 spiro atoms. The smallest absolute Gasteiger partial charge is 0.0604 e. The Kier molecular flexibility index (Phi) is 4.48. The summed E-state index contributed by atoms with van der Waals surface area (Å²) in [5.74, 6) is 2.77. The molecule has 1 saturated carbocycles. The molecular formula is C15H18ClN. The van der Waals surface area contributed by atoms with Gasteiger partial charge in [0, 0.05) is 17.6 Å². The van der Waals surface area contributed by atoms with Gasteiger partial charge in [0.1, 0.15) is 0 Å². The summed E-state index contributed by atoms with van der Waals surface area (Å²) in [7, 11) is 0. The molecule has 2 rings (SSSR count). The molecule has 1 nitrogen and oxygen atoms in total. The molecule has 1 aromatic rings. The molecule has 0 radical (unpaired) electrons. The van der Waals surface area contributed by atoms with E-state index in [1.54, 1.807) is 0 Å². The standard InChI is InChI=1S/C15H18ClN/c1-2-11-17(14-8-4-5-9-14)12-13-7-3-6-10-15(13)16/h1,3,6-7,10,14H,4-5,8-9,11-12H2. The minimum atomic E-state index is 0.641. The van der Waals surface area contributed by atoms with Gasteiger partial charge in [0.05, 0.1) is 6.54 Å². The molecule has 0 unspecified atom stereocenters. The summed E-state index contributed by atoms with van der Waals surface area (Å²) in [5, 5.41) is 0.840. The van der Waals surface area contributed by atoms with Crippen molar-refractivity contribution in [2.75, 3.05) is 6.54 Å².